The Morgan fingerprint density at radius 3 is 2.16 bits per heavy atom. The van der Waals surface area contributed by atoms with Gasteiger partial charge in [0.25, 0.3) is 0 Å². The van der Waals surface area contributed by atoms with Gasteiger partial charge in [-0.05, 0) is 39.3 Å². The number of piperazine rings is 1. The third kappa shape index (κ3) is 3.64. The van der Waals surface area contributed by atoms with Crippen molar-refractivity contribution in [1.82, 2.24) is 14.9 Å². The molecular weight excluding hydrogens is 238 g/mol. The first-order chi connectivity index (χ1) is 9.00. The molecule has 1 fully saturated rings. The summed E-state index contributed by atoms with van der Waals surface area (Å²) in [6, 6.07) is 0. The summed E-state index contributed by atoms with van der Waals surface area (Å²) in [7, 11) is 0. The topological polar surface area (TPSA) is 58.3 Å². The fourth-order valence-corrected chi connectivity index (χ4v) is 2.38. The lowest BCUT2D eigenvalue weighted by Crippen LogP contribution is -2.53. The molecule has 106 valence electrons. The van der Waals surface area contributed by atoms with Gasteiger partial charge in [-0.15, -0.1) is 0 Å². The van der Waals surface area contributed by atoms with Gasteiger partial charge in [0.05, 0.1) is 0 Å². The lowest BCUT2D eigenvalue weighted by Gasteiger charge is -2.42. The van der Waals surface area contributed by atoms with Crippen molar-refractivity contribution >= 4 is 5.95 Å². The molecule has 0 amide bonds. The first-order valence-corrected chi connectivity index (χ1v) is 7.01. The second-order valence-corrected chi connectivity index (χ2v) is 6.07. The minimum atomic E-state index is 0.248. The Balaban J connectivity index is 1.94. The van der Waals surface area contributed by atoms with Gasteiger partial charge < -0.3 is 10.6 Å². The van der Waals surface area contributed by atoms with E-state index in [9.17, 15) is 0 Å². The third-order valence-corrected chi connectivity index (χ3v) is 3.64. The van der Waals surface area contributed by atoms with Crippen molar-refractivity contribution in [2.24, 2.45) is 5.73 Å². The Kier molecular flexibility index (Phi) is 4.37. The smallest absolute Gasteiger partial charge is 0.225 e. The molecule has 2 rings (SSSR count). The van der Waals surface area contributed by atoms with Gasteiger partial charge in [0.15, 0.2) is 0 Å². The summed E-state index contributed by atoms with van der Waals surface area (Å²) >= 11 is 0. The van der Waals surface area contributed by atoms with Crippen LogP contribution in [0.25, 0.3) is 0 Å². The molecule has 1 aromatic rings. The molecule has 0 unspecified atom stereocenters. The van der Waals surface area contributed by atoms with Gasteiger partial charge >= 0.3 is 0 Å². The zero-order chi connectivity index (χ0) is 13.9. The lowest BCUT2D eigenvalue weighted by atomic mass is 10.1. The molecule has 0 radical (unpaired) electrons. The van der Waals surface area contributed by atoms with Crippen LogP contribution in [0.3, 0.4) is 0 Å². The van der Waals surface area contributed by atoms with Crippen molar-refractivity contribution < 1.29 is 0 Å². The van der Waals surface area contributed by atoms with E-state index in [-0.39, 0.29) is 5.54 Å². The molecule has 0 saturated carbocycles. The van der Waals surface area contributed by atoms with Crippen LogP contribution < -0.4 is 10.6 Å². The molecule has 19 heavy (non-hydrogen) atoms. The van der Waals surface area contributed by atoms with Gasteiger partial charge in [-0.2, -0.15) is 0 Å². The summed E-state index contributed by atoms with van der Waals surface area (Å²) in [4.78, 5) is 13.7. The maximum Gasteiger partial charge on any atom is 0.225 e. The Hall–Kier alpha value is -1.20. The first kappa shape index (κ1) is 14.2. The molecule has 0 spiro atoms. The Morgan fingerprint density at radius 1 is 1.11 bits per heavy atom. The highest BCUT2D eigenvalue weighted by Crippen LogP contribution is 2.18. The first-order valence-electron chi connectivity index (χ1n) is 7.01. The van der Waals surface area contributed by atoms with Crippen LogP contribution >= 0.6 is 0 Å². The normalized spacial score (nSPS) is 17.8. The SMILES string of the molecule is CC(C)(C)N1CCN(c2ncc(CCN)cn2)CC1. The molecule has 1 aliphatic rings. The number of aromatic nitrogens is 2. The number of hydrogen-bond acceptors (Lipinski definition) is 5. The van der Waals surface area contributed by atoms with Crippen molar-refractivity contribution in [1.29, 1.82) is 0 Å². The summed E-state index contributed by atoms with van der Waals surface area (Å²) in [5.74, 6) is 0.842. The van der Waals surface area contributed by atoms with E-state index < -0.39 is 0 Å². The average Bonchev–Trinajstić information content (AvgIpc) is 2.39. The summed E-state index contributed by atoms with van der Waals surface area (Å²) in [6.45, 7) is 11.6. The fraction of sp³-hybridized carbons (Fsp3) is 0.714. The number of rotatable bonds is 3. The van der Waals surface area contributed by atoms with Crippen molar-refractivity contribution in [3.05, 3.63) is 18.0 Å². The van der Waals surface area contributed by atoms with E-state index in [1.54, 1.807) is 0 Å². The van der Waals surface area contributed by atoms with E-state index in [1.807, 2.05) is 12.4 Å². The number of nitrogens with two attached hydrogens (primary N) is 1. The Bertz CT molecular complexity index is 387. The van der Waals surface area contributed by atoms with Crippen LogP contribution in [0.5, 0.6) is 0 Å². The molecule has 0 aromatic carbocycles. The minimum absolute atomic E-state index is 0.248. The van der Waals surface area contributed by atoms with Crippen LogP contribution in [0.15, 0.2) is 12.4 Å². The molecule has 0 atom stereocenters. The predicted octanol–water partition coefficient (Wildman–Crippen LogP) is 0.898. The number of anilines is 1. The van der Waals surface area contributed by atoms with Crippen LogP contribution in [0, 0.1) is 0 Å². The summed E-state index contributed by atoms with van der Waals surface area (Å²) in [5, 5.41) is 0. The van der Waals surface area contributed by atoms with E-state index >= 15 is 0 Å². The molecule has 2 N–H and O–H groups in total. The zero-order valence-electron chi connectivity index (χ0n) is 12.3. The summed E-state index contributed by atoms with van der Waals surface area (Å²) < 4.78 is 0. The van der Waals surface area contributed by atoms with E-state index in [4.69, 9.17) is 5.73 Å². The summed E-state index contributed by atoms with van der Waals surface area (Å²) in [5.41, 5.74) is 6.88. The largest absolute Gasteiger partial charge is 0.338 e. The van der Waals surface area contributed by atoms with Crippen LogP contribution in [-0.4, -0.2) is 53.1 Å². The van der Waals surface area contributed by atoms with Crippen molar-refractivity contribution in [3.8, 4) is 0 Å². The van der Waals surface area contributed by atoms with Crippen molar-refractivity contribution in [2.45, 2.75) is 32.7 Å². The highest BCUT2D eigenvalue weighted by atomic mass is 15.3. The standard InChI is InChI=1S/C14H25N5/c1-14(2,3)19-8-6-18(7-9-19)13-16-10-12(4-5-15)11-17-13/h10-11H,4-9,15H2,1-3H3. The van der Waals surface area contributed by atoms with E-state index in [0.717, 1.165) is 44.1 Å². The highest BCUT2D eigenvalue weighted by molar-refractivity contribution is 5.30. The minimum Gasteiger partial charge on any atom is -0.338 e. The van der Waals surface area contributed by atoms with Gasteiger partial charge in [0, 0.05) is 44.1 Å². The monoisotopic (exact) mass is 263 g/mol. The predicted molar refractivity (Wildman–Crippen MR) is 78.3 cm³/mol. The Labute approximate surface area is 115 Å². The maximum absolute atomic E-state index is 5.53. The lowest BCUT2D eigenvalue weighted by molar-refractivity contribution is 0.128. The van der Waals surface area contributed by atoms with Crippen molar-refractivity contribution in [2.75, 3.05) is 37.6 Å². The molecular formula is C14H25N5. The number of hydrogen-bond donors (Lipinski definition) is 1. The van der Waals surface area contributed by atoms with Gasteiger partial charge in [-0.3, -0.25) is 4.90 Å². The van der Waals surface area contributed by atoms with Crippen LogP contribution in [0.1, 0.15) is 26.3 Å². The third-order valence-electron chi connectivity index (χ3n) is 3.64. The van der Waals surface area contributed by atoms with E-state index in [1.165, 1.54) is 0 Å². The van der Waals surface area contributed by atoms with Crippen molar-refractivity contribution in [3.63, 3.8) is 0 Å². The Morgan fingerprint density at radius 2 is 1.68 bits per heavy atom. The van der Waals surface area contributed by atoms with Crippen LogP contribution in [-0.2, 0) is 6.42 Å². The van der Waals surface area contributed by atoms with Gasteiger partial charge in [0.2, 0.25) is 5.95 Å². The molecule has 5 heteroatoms. The molecule has 2 heterocycles. The molecule has 0 bridgehead atoms. The fourth-order valence-electron chi connectivity index (χ4n) is 2.38. The van der Waals surface area contributed by atoms with E-state index in [0.29, 0.717) is 6.54 Å². The molecule has 1 saturated heterocycles. The molecule has 5 nitrogen and oxygen atoms in total. The van der Waals surface area contributed by atoms with Gasteiger partial charge in [0.1, 0.15) is 0 Å². The van der Waals surface area contributed by atoms with Gasteiger partial charge in [-0.1, -0.05) is 0 Å². The number of nitrogens with zero attached hydrogens (tertiary/aromatic N) is 4. The second kappa shape index (κ2) is 5.84. The average molecular weight is 263 g/mol. The van der Waals surface area contributed by atoms with Gasteiger partial charge in [-0.25, -0.2) is 9.97 Å². The van der Waals surface area contributed by atoms with E-state index in [2.05, 4.69) is 40.5 Å². The van der Waals surface area contributed by atoms with Crippen LogP contribution in [0.2, 0.25) is 0 Å². The maximum atomic E-state index is 5.53. The highest BCUT2D eigenvalue weighted by Gasteiger charge is 2.26. The molecule has 1 aromatic heterocycles. The quantitative estimate of drug-likeness (QED) is 0.878. The zero-order valence-corrected chi connectivity index (χ0v) is 12.3. The summed E-state index contributed by atoms with van der Waals surface area (Å²) in [6.07, 6.45) is 4.63. The second-order valence-electron chi connectivity index (χ2n) is 6.07. The molecule has 1 aliphatic heterocycles. The molecule has 0 aliphatic carbocycles. The van der Waals surface area contributed by atoms with Crippen LogP contribution in [0.4, 0.5) is 5.95 Å².